The molecule has 0 N–H and O–H groups in total. The summed E-state index contributed by atoms with van der Waals surface area (Å²) in [5, 5.41) is 0. The van der Waals surface area contributed by atoms with E-state index in [-0.39, 0.29) is 6.03 Å². The number of rotatable bonds is 3. The molecule has 0 aromatic carbocycles. The van der Waals surface area contributed by atoms with E-state index in [1.165, 1.54) is 10.9 Å². The van der Waals surface area contributed by atoms with Crippen molar-refractivity contribution in [2.45, 2.75) is 6.42 Å². The Hall–Kier alpha value is -2.17. The first-order valence-corrected chi connectivity index (χ1v) is 5.40. The van der Waals surface area contributed by atoms with E-state index in [1.807, 2.05) is 18.2 Å². The van der Waals surface area contributed by atoms with Crippen LogP contribution < -0.4 is 0 Å². The second-order valence-corrected chi connectivity index (χ2v) is 3.75. The molecular weight excluding hydrogens is 216 g/mol. The summed E-state index contributed by atoms with van der Waals surface area (Å²) >= 11 is 0. The Kier molecular flexibility index (Phi) is 3.49. The first kappa shape index (κ1) is 11.3. The fourth-order valence-electron chi connectivity index (χ4n) is 1.49. The molecule has 2 aromatic heterocycles. The van der Waals surface area contributed by atoms with Crippen LogP contribution in [-0.2, 0) is 6.42 Å². The third kappa shape index (κ3) is 2.90. The Morgan fingerprint density at radius 2 is 2.29 bits per heavy atom. The van der Waals surface area contributed by atoms with Gasteiger partial charge < -0.3 is 4.90 Å². The fourth-order valence-corrected chi connectivity index (χ4v) is 1.49. The largest absolute Gasteiger partial charge is 0.329 e. The summed E-state index contributed by atoms with van der Waals surface area (Å²) in [6.45, 7) is 0.633. The Balaban J connectivity index is 1.90. The number of aromatic nitrogens is 3. The monoisotopic (exact) mass is 230 g/mol. The molecule has 0 radical (unpaired) electrons. The van der Waals surface area contributed by atoms with Crippen LogP contribution in [0.3, 0.4) is 0 Å². The smallest absolute Gasteiger partial charge is 0.327 e. The molecule has 2 rings (SSSR count). The van der Waals surface area contributed by atoms with Crippen molar-refractivity contribution in [2.75, 3.05) is 13.6 Å². The Labute approximate surface area is 99.7 Å². The van der Waals surface area contributed by atoms with E-state index in [2.05, 4.69) is 9.97 Å². The van der Waals surface area contributed by atoms with Crippen LogP contribution in [0.15, 0.2) is 43.1 Å². The lowest BCUT2D eigenvalue weighted by atomic mass is 10.2. The maximum Gasteiger partial charge on any atom is 0.329 e. The zero-order valence-corrected chi connectivity index (χ0v) is 9.65. The van der Waals surface area contributed by atoms with Crippen LogP contribution in [0.5, 0.6) is 0 Å². The molecule has 2 aromatic rings. The summed E-state index contributed by atoms with van der Waals surface area (Å²) in [6, 6.07) is 5.69. The molecule has 0 saturated carbocycles. The second kappa shape index (κ2) is 5.25. The third-order valence-electron chi connectivity index (χ3n) is 2.48. The van der Waals surface area contributed by atoms with Gasteiger partial charge in [-0.05, 0) is 12.1 Å². The molecular formula is C12H14N4O. The van der Waals surface area contributed by atoms with Gasteiger partial charge in [0.15, 0.2) is 0 Å². The average molecular weight is 230 g/mol. The maximum absolute atomic E-state index is 11.9. The van der Waals surface area contributed by atoms with E-state index < -0.39 is 0 Å². The molecule has 5 heteroatoms. The maximum atomic E-state index is 11.9. The topological polar surface area (TPSA) is 51.0 Å². The van der Waals surface area contributed by atoms with Gasteiger partial charge >= 0.3 is 6.03 Å². The molecule has 0 saturated heterocycles. The molecule has 0 aliphatic heterocycles. The van der Waals surface area contributed by atoms with Crippen LogP contribution in [0.1, 0.15) is 5.69 Å². The van der Waals surface area contributed by atoms with E-state index in [4.69, 9.17) is 0 Å². The lowest BCUT2D eigenvalue weighted by molar-refractivity contribution is 0.211. The zero-order chi connectivity index (χ0) is 12.1. The second-order valence-electron chi connectivity index (χ2n) is 3.75. The number of amides is 1. The molecule has 0 fully saturated rings. The Morgan fingerprint density at radius 3 is 2.94 bits per heavy atom. The predicted molar refractivity (Wildman–Crippen MR) is 63.6 cm³/mol. The minimum Gasteiger partial charge on any atom is -0.327 e. The molecule has 0 spiro atoms. The van der Waals surface area contributed by atoms with Crippen LogP contribution in [0.2, 0.25) is 0 Å². The van der Waals surface area contributed by atoms with Crippen molar-refractivity contribution in [1.29, 1.82) is 0 Å². The van der Waals surface area contributed by atoms with Gasteiger partial charge in [-0.15, -0.1) is 0 Å². The number of hydrogen-bond donors (Lipinski definition) is 0. The first-order chi connectivity index (χ1) is 8.27. The number of hydrogen-bond acceptors (Lipinski definition) is 3. The highest BCUT2D eigenvalue weighted by atomic mass is 16.2. The normalized spacial score (nSPS) is 10.2. The van der Waals surface area contributed by atoms with Gasteiger partial charge in [-0.25, -0.2) is 9.78 Å². The molecule has 0 atom stereocenters. The minimum atomic E-state index is -0.0848. The molecule has 1 amide bonds. The summed E-state index contributed by atoms with van der Waals surface area (Å²) in [7, 11) is 1.77. The van der Waals surface area contributed by atoms with Crippen LogP contribution in [0.25, 0.3) is 0 Å². The highest BCUT2D eigenvalue weighted by Gasteiger charge is 2.09. The van der Waals surface area contributed by atoms with Crippen LogP contribution >= 0.6 is 0 Å². The van der Waals surface area contributed by atoms with Crippen LogP contribution in [0, 0.1) is 0 Å². The van der Waals surface area contributed by atoms with Gasteiger partial charge in [-0.3, -0.25) is 9.55 Å². The first-order valence-electron chi connectivity index (χ1n) is 5.40. The van der Waals surface area contributed by atoms with Gasteiger partial charge in [0.2, 0.25) is 0 Å². The van der Waals surface area contributed by atoms with Crippen molar-refractivity contribution in [3.63, 3.8) is 0 Å². The number of nitrogens with zero attached hydrogens (tertiary/aromatic N) is 4. The van der Waals surface area contributed by atoms with Crippen molar-refractivity contribution < 1.29 is 4.79 Å². The standard InChI is InChI=1S/C12H14N4O/c1-15(12(17)16-9-7-13-10-16)8-5-11-4-2-3-6-14-11/h2-4,6-7,9-10H,5,8H2,1H3. The Morgan fingerprint density at radius 1 is 1.41 bits per heavy atom. The van der Waals surface area contributed by atoms with E-state index in [9.17, 15) is 4.79 Å². The summed E-state index contributed by atoms with van der Waals surface area (Å²) in [5.74, 6) is 0. The minimum absolute atomic E-state index is 0.0848. The summed E-state index contributed by atoms with van der Waals surface area (Å²) in [4.78, 5) is 21.6. The Bertz CT molecular complexity index is 467. The highest BCUT2D eigenvalue weighted by Crippen LogP contribution is 1.99. The van der Waals surface area contributed by atoms with E-state index >= 15 is 0 Å². The molecule has 17 heavy (non-hydrogen) atoms. The quantitative estimate of drug-likeness (QED) is 0.801. The summed E-state index contributed by atoms with van der Waals surface area (Å²) in [5.41, 5.74) is 0.984. The van der Waals surface area contributed by atoms with Gasteiger partial charge in [0.25, 0.3) is 0 Å². The van der Waals surface area contributed by atoms with Crippen molar-refractivity contribution >= 4 is 6.03 Å². The molecule has 2 heterocycles. The number of pyridine rings is 1. The molecule has 5 nitrogen and oxygen atoms in total. The molecule has 0 aliphatic rings. The number of imidazole rings is 1. The van der Waals surface area contributed by atoms with Gasteiger partial charge in [-0.2, -0.15) is 0 Å². The van der Waals surface area contributed by atoms with Gasteiger partial charge in [0, 0.05) is 44.3 Å². The van der Waals surface area contributed by atoms with Crippen LogP contribution in [0.4, 0.5) is 4.79 Å². The van der Waals surface area contributed by atoms with Crippen molar-refractivity contribution in [2.24, 2.45) is 0 Å². The predicted octanol–water partition coefficient (Wildman–Crippen LogP) is 1.42. The summed E-state index contributed by atoms with van der Waals surface area (Å²) in [6.07, 6.45) is 7.23. The van der Waals surface area contributed by atoms with Gasteiger partial charge in [0.05, 0.1) is 0 Å². The van der Waals surface area contributed by atoms with E-state index in [1.54, 1.807) is 30.5 Å². The summed E-state index contributed by atoms with van der Waals surface area (Å²) < 4.78 is 1.46. The third-order valence-corrected chi connectivity index (χ3v) is 2.48. The van der Waals surface area contributed by atoms with E-state index in [0.29, 0.717) is 6.54 Å². The highest BCUT2D eigenvalue weighted by molar-refractivity contribution is 5.76. The van der Waals surface area contributed by atoms with Gasteiger partial charge in [0.1, 0.15) is 6.33 Å². The van der Waals surface area contributed by atoms with Gasteiger partial charge in [-0.1, -0.05) is 6.07 Å². The molecule has 0 aliphatic carbocycles. The number of carbonyl (C=O) groups excluding carboxylic acids is 1. The lowest BCUT2D eigenvalue weighted by Gasteiger charge is -2.16. The van der Waals surface area contributed by atoms with E-state index in [0.717, 1.165) is 12.1 Å². The molecule has 0 bridgehead atoms. The van der Waals surface area contributed by atoms with Crippen molar-refractivity contribution in [3.8, 4) is 0 Å². The number of likely N-dealkylation sites (N-methyl/N-ethyl adjacent to an activating group) is 1. The zero-order valence-electron chi connectivity index (χ0n) is 9.65. The van der Waals surface area contributed by atoms with Crippen molar-refractivity contribution in [3.05, 3.63) is 48.8 Å². The average Bonchev–Trinajstić information content (AvgIpc) is 2.90. The van der Waals surface area contributed by atoms with Crippen LogP contribution in [-0.4, -0.2) is 39.1 Å². The lowest BCUT2D eigenvalue weighted by Crippen LogP contribution is -2.32. The molecule has 0 unspecified atom stereocenters. The molecule has 88 valence electrons. The van der Waals surface area contributed by atoms with Crippen molar-refractivity contribution in [1.82, 2.24) is 19.4 Å². The fraction of sp³-hybridized carbons (Fsp3) is 0.250. The SMILES string of the molecule is CN(CCc1ccccn1)C(=O)n1ccnc1. The number of carbonyl (C=O) groups is 1.